The number of hydrogen-bond acceptors (Lipinski definition) is 7. The summed E-state index contributed by atoms with van der Waals surface area (Å²) in [7, 11) is 1.54. The molecule has 0 aliphatic rings. The summed E-state index contributed by atoms with van der Waals surface area (Å²) < 4.78 is 6.97. The van der Waals surface area contributed by atoms with Crippen molar-refractivity contribution in [1.82, 2.24) is 15.2 Å². The van der Waals surface area contributed by atoms with E-state index in [9.17, 15) is 19.7 Å². The molecular weight excluding hydrogens is 440 g/mol. The zero-order valence-corrected chi connectivity index (χ0v) is 19.2. The number of nitrogens with one attached hydrogen (secondary N) is 2. The minimum atomic E-state index is -0.440. The van der Waals surface area contributed by atoms with E-state index in [0.717, 1.165) is 5.56 Å². The molecule has 0 aliphatic carbocycles. The molecule has 0 fully saturated rings. The molecule has 34 heavy (non-hydrogen) atoms. The Labute approximate surface area is 195 Å². The first kappa shape index (κ1) is 24.1. The molecule has 0 unspecified atom stereocenters. The van der Waals surface area contributed by atoms with Crippen LogP contribution in [0.15, 0.2) is 47.6 Å². The van der Waals surface area contributed by atoms with E-state index in [1.54, 1.807) is 61.0 Å². The van der Waals surface area contributed by atoms with Crippen molar-refractivity contribution in [3.8, 4) is 5.75 Å². The van der Waals surface area contributed by atoms with Crippen LogP contribution in [0.5, 0.6) is 5.75 Å². The molecule has 1 aromatic heterocycles. The second-order valence-electron chi connectivity index (χ2n) is 7.46. The van der Waals surface area contributed by atoms with Gasteiger partial charge < -0.3 is 10.1 Å². The van der Waals surface area contributed by atoms with E-state index in [1.165, 1.54) is 20.2 Å². The fourth-order valence-electron chi connectivity index (χ4n) is 3.41. The highest BCUT2D eigenvalue weighted by molar-refractivity contribution is 5.96. The minimum Gasteiger partial charge on any atom is -0.496 e. The smallest absolute Gasteiger partial charge is 0.312 e. The zero-order chi connectivity index (χ0) is 24.8. The summed E-state index contributed by atoms with van der Waals surface area (Å²) in [6.45, 7) is 4.91. The number of rotatable bonds is 8. The van der Waals surface area contributed by atoms with Crippen LogP contribution >= 0.6 is 0 Å². The number of benzene rings is 2. The molecule has 2 aromatic carbocycles. The van der Waals surface area contributed by atoms with Crippen molar-refractivity contribution in [2.45, 2.75) is 27.3 Å². The Kier molecular flexibility index (Phi) is 7.36. The molecule has 11 heteroatoms. The molecule has 0 radical (unpaired) electrons. The van der Waals surface area contributed by atoms with Gasteiger partial charge in [-0.15, -0.1) is 0 Å². The number of nitro groups is 1. The van der Waals surface area contributed by atoms with Gasteiger partial charge in [-0.3, -0.25) is 24.4 Å². The fraction of sp³-hybridized carbons (Fsp3) is 0.217. The van der Waals surface area contributed by atoms with Gasteiger partial charge in [-0.1, -0.05) is 0 Å². The summed E-state index contributed by atoms with van der Waals surface area (Å²) >= 11 is 0. The Morgan fingerprint density at radius 2 is 1.91 bits per heavy atom. The van der Waals surface area contributed by atoms with Crippen molar-refractivity contribution in [3.05, 3.63) is 80.7 Å². The first-order valence-electron chi connectivity index (χ1n) is 10.3. The van der Waals surface area contributed by atoms with Crippen LogP contribution in [0.25, 0.3) is 0 Å². The fourth-order valence-corrected chi connectivity index (χ4v) is 3.41. The first-order chi connectivity index (χ1) is 16.2. The van der Waals surface area contributed by atoms with Gasteiger partial charge in [0.2, 0.25) is 5.91 Å². The van der Waals surface area contributed by atoms with Gasteiger partial charge in [0.1, 0.15) is 17.1 Å². The Morgan fingerprint density at radius 1 is 1.21 bits per heavy atom. The summed E-state index contributed by atoms with van der Waals surface area (Å²) in [6.07, 6.45) is 1.48. The van der Waals surface area contributed by atoms with Crippen molar-refractivity contribution >= 4 is 29.4 Å². The van der Waals surface area contributed by atoms with Crippen molar-refractivity contribution < 1.29 is 19.2 Å². The Morgan fingerprint density at radius 3 is 2.50 bits per heavy atom. The van der Waals surface area contributed by atoms with Gasteiger partial charge in [0, 0.05) is 23.7 Å². The maximum absolute atomic E-state index is 12.3. The molecule has 11 nitrogen and oxygen atoms in total. The summed E-state index contributed by atoms with van der Waals surface area (Å²) in [5.41, 5.74) is 5.63. The van der Waals surface area contributed by atoms with Gasteiger partial charge in [-0.25, -0.2) is 5.43 Å². The van der Waals surface area contributed by atoms with Crippen LogP contribution in [0.3, 0.4) is 0 Å². The Hall–Kier alpha value is -4.54. The lowest BCUT2D eigenvalue weighted by Crippen LogP contribution is -2.17. The molecule has 0 saturated carbocycles. The van der Waals surface area contributed by atoms with Gasteiger partial charge >= 0.3 is 5.69 Å². The van der Waals surface area contributed by atoms with E-state index >= 15 is 0 Å². The van der Waals surface area contributed by atoms with Crippen LogP contribution in [0.1, 0.15) is 39.8 Å². The highest BCUT2D eigenvalue weighted by atomic mass is 16.6. The van der Waals surface area contributed by atoms with E-state index in [2.05, 4.69) is 20.9 Å². The monoisotopic (exact) mass is 464 g/mol. The predicted molar refractivity (Wildman–Crippen MR) is 126 cm³/mol. The summed E-state index contributed by atoms with van der Waals surface area (Å²) in [5.74, 6) is -0.0123. The number of nitrogens with zero attached hydrogens (tertiary/aromatic N) is 4. The van der Waals surface area contributed by atoms with Crippen molar-refractivity contribution in [3.63, 3.8) is 0 Å². The second kappa shape index (κ2) is 10.4. The summed E-state index contributed by atoms with van der Waals surface area (Å²) in [5, 5.41) is 22.2. The quantitative estimate of drug-likeness (QED) is 0.298. The number of aromatic nitrogens is 2. The third-order valence-corrected chi connectivity index (χ3v) is 5.00. The van der Waals surface area contributed by atoms with Crippen LogP contribution in [0.2, 0.25) is 0 Å². The third-order valence-electron chi connectivity index (χ3n) is 5.00. The van der Waals surface area contributed by atoms with Crippen molar-refractivity contribution in [1.29, 1.82) is 0 Å². The van der Waals surface area contributed by atoms with E-state index in [4.69, 9.17) is 4.74 Å². The third kappa shape index (κ3) is 5.63. The number of anilines is 1. The van der Waals surface area contributed by atoms with Gasteiger partial charge in [0.05, 0.1) is 24.8 Å². The molecule has 0 saturated heterocycles. The zero-order valence-electron chi connectivity index (χ0n) is 19.2. The SMILES string of the molecule is COc1ccc(/C=N/NC(=O)c2ccc(NC(C)=O)cc2)cc1Cn1nc(C)c([N+](=O)[O-])c1C. The molecule has 2 amide bonds. The molecule has 176 valence electrons. The van der Waals surface area contributed by atoms with Crippen LogP contribution in [0, 0.1) is 24.0 Å². The van der Waals surface area contributed by atoms with Crippen LogP contribution < -0.4 is 15.5 Å². The van der Waals surface area contributed by atoms with Gasteiger partial charge in [-0.2, -0.15) is 10.2 Å². The normalized spacial score (nSPS) is 10.8. The average molecular weight is 464 g/mol. The standard InChI is InChI=1S/C23H24N6O5/c1-14-22(29(32)33)15(2)28(27-14)13-19-11-17(5-10-21(19)34-4)12-24-26-23(31)18-6-8-20(9-7-18)25-16(3)30/h5-12H,13H2,1-4H3,(H,25,30)(H,26,31)/b24-12+. The molecular formula is C23H24N6O5. The van der Waals surface area contributed by atoms with Crippen molar-refractivity contribution in [2.75, 3.05) is 12.4 Å². The summed E-state index contributed by atoms with van der Waals surface area (Å²) in [4.78, 5) is 34.2. The molecule has 2 N–H and O–H groups in total. The van der Waals surface area contributed by atoms with E-state index in [0.29, 0.717) is 34.0 Å². The maximum atomic E-state index is 12.3. The summed E-state index contributed by atoms with van der Waals surface area (Å²) in [6, 6.07) is 11.7. The number of carbonyl (C=O) groups excluding carboxylic acids is 2. The largest absolute Gasteiger partial charge is 0.496 e. The lowest BCUT2D eigenvalue weighted by Gasteiger charge is -2.10. The lowest BCUT2D eigenvalue weighted by molar-refractivity contribution is -0.386. The van der Waals surface area contributed by atoms with E-state index < -0.39 is 10.8 Å². The minimum absolute atomic E-state index is 0.00972. The highest BCUT2D eigenvalue weighted by Gasteiger charge is 2.22. The van der Waals surface area contributed by atoms with Gasteiger partial charge in [0.25, 0.3) is 5.91 Å². The number of ether oxygens (including phenoxy) is 1. The Balaban J connectivity index is 1.73. The van der Waals surface area contributed by atoms with E-state index in [-0.39, 0.29) is 18.1 Å². The first-order valence-corrected chi connectivity index (χ1v) is 10.3. The van der Waals surface area contributed by atoms with Crippen molar-refractivity contribution in [2.24, 2.45) is 5.10 Å². The maximum Gasteiger partial charge on any atom is 0.312 e. The van der Waals surface area contributed by atoms with Crippen LogP contribution in [-0.2, 0) is 11.3 Å². The molecule has 3 aromatic rings. The number of hydrazone groups is 1. The van der Waals surface area contributed by atoms with E-state index in [1.807, 2.05) is 0 Å². The van der Waals surface area contributed by atoms with Crippen LogP contribution in [0.4, 0.5) is 11.4 Å². The van der Waals surface area contributed by atoms with Gasteiger partial charge in [-0.05, 0) is 61.9 Å². The number of aryl methyl sites for hydroxylation is 1. The highest BCUT2D eigenvalue weighted by Crippen LogP contribution is 2.25. The molecule has 0 bridgehead atoms. The lowest BCUT2D eigenvalue weighted by atomic mass is 10.1. The number of methoxy groups -OCH3 is 1. The van der Waals surface area contributed by atoms with Gasteiger partial charge in [0.15, 0.2) is 0 Å². The number of carbonyl (C=O) groups is 2. The molecule has 0 spiro atoms. The molecule has 1 heterocycles. The average Bonchev–Trinajstić information content (AvgIpc) is 3.06. The van der Waals surface area contributed by atoms with Crippen LogP contribution in [-0.4, -0.2) is 39.8 Å². The number of amides is 2. The topological polar surface area (TPSA) is 141 Å². The molecule has 3 rings (SSSR count). The molecule has 0 atom stereocenters. The Bertz CT molecular complexity index is 1260. The second-order valence-corrected chi connectivity index (χ2v) is 7.46. The molecule has 0 aliphatic heterocycles. The predicted octanol–water partition coefficient (Wildman–Crippen LogP) is 3.19. The number of hydrogen-bond donors (Lipinski definition) is 2.